The zero-order valence-electron chi connectivity index (χ0n) is 21.9. The number of nitriles is 1. The van der Waals surface area contributed by atoms with Crippen LogP contribution in [0.4, 0.5) is 5.82 Å². The normalized spacial score (nSPS) is 19.5. The molecule has 2 saturated heterocycles. The number of likely N-dealkylation sites (tertiary alicyclic amines) is 1. The lowest BCUT2D eigenvalue weighted by atomic mass is 9.98. The molecule has 7 heteroatoms. The summed E-state index contributed by atoms with van der Waals surface area (Å²) in [6.07, 6.45) is 10.0. The molecule has 0 bridgehead atoms. The first-order valence-electron chi connectivity index (χ1n) is 13.9. The summed E-state index contributed by atoms with van der Waals surface area (Å²) in [6, 6.07) is 16.6. The molecule has 7 nitrogen and oxygen atoms in total. The molecule has 0 aliphatic carbocycles. The Bertz CT molecular complexity index is 1500. The summed E-state index contributed by atoms with van der Waals surface area (Å²) >= 11 is 0. The van der Waals surface area contributed by atoms with Crippen molar-refractivity contribution in [1.29, 1.82) is 5.26 Å². The number of hydrogen-bond donors (Lipinski definition) is 0. The summed E-state index contributed by atoms with van der Waals surface area (Å²) < 4.78 is 4.43. The molecule has 0 amide bonds. The first-order valence-corrected chi connectivity index (χ1v) is 13.9. The Balaban J connectivity index is 1.15. The maximum absolute atomic E-state index is 9.16. The van der Waals surface area contributed by atoms with Crippen LogP contribution in [0.3, 0.4) is 0 Å². The number of rotatable bonds is 4. The highest BCUT2D eigenvalue weighted by molar-refractivity contribution is 5.72. The Kier molecular flexibility index (Phi) is 5.78. The molecular formula is C31H33N7. The summed E-state index contributed by atoms with van der Waals surface area (Å²) in [4.78, 5) is 15.1. The quantitative estimate of drug-likeness (QED) is 0.338. The fraction of sp³-hybridized carbons (Fsp3) is 0.387. The number of imidazole rings is 1. The molecule has 3 aliphatic heterocycles. The van der Waals surface area contributed by atoms with Gasteiger partial charge in [0.15, 0.2) is 5.82 Å². The van der Waals surface area contributed by atoms with Crippen molar-refractivity contribution in [3.05, 3.63) is 72.3 Å². The summed E-state index contributed by atoms with van der Waals surface area (Å²) in [6.45, 7) is 8.98. The van der Waals surface area contributed by atoms with Crippen molar-refractivity contribution >= 4 is 5.82 Å². The Morgan fingerprint density at radius 3 is 2.66 bits per heavy atom. The van der Waals surface area contributed by atoms with Gasteiger partial charge in [-0.2, -0.15) is 5.26 Å². The highest BCUT2D eigenvalue weighted by Crippen LogP contribution is 2.35. The zero-order chi connectivity index (χ0) is 25.6. The topological polar surface area (TPSA) is 65.9 Å². The lowest BCUT2D eigenvalue weighted by Crippen LogP contribution is -2.37. The third-order valence-corrected chi connectivity index (χ3v) is 8.63. The van der Waals surface area contributed by atoms with Gasteiger partial charge in [-0.25, -0.2) is 9.97 Å². The molecule has 1 atom stereocenters. The van der Waals surface area contributed by atoms with E-state index in [1.807, 2.05) is 36.7 Å². The van der Waals surface area contributed by atoms with E-state index in [0.29, 0.717) is 12.1 Å². The van der Waals surface area contributed by atoms with Crippen LogP contribution in [0.1, 0.15) is 37.4 Å². The summed E-state index contributed by atoms with van der Waals surface area (Å²) in [5, 5.41) is 9.16. The Labute approximate surface area is 224 Å². The lowest BCUT2D eigenvalue weighted by molar-refractivity contribution is 0.171. The average molecular weight is 504 g/mol. The maximum atomic E-state index is 9.16. The van der Waals surface area contributed by atoms with Crippen LogP contribution in [0.2, 0.25) is 0 Å². The van der Waals surface area contributed by atoms with Crippen molar-refractivity contribution in [2.24, 2.45) is 11.8 Å². The summed E-state index contributed by atoms with van der Waals surface area (Å²) in [5.74, 6) is 3.61. The van der Waals surface area contributed by atoms with Gasteiger partial charge in [0.2, 0.25) is 0 Å². The standard InChI is InChI=1S/C31H33N7/c1-22-8-12-35(13-9-22)18-24-10-14-36(19-24)30-7-6-28-27(34-30)21-37-20-26(25-4-2-23(17-32)3-5-25)16-29(37)31-33-11-15-38(28)31/h2-7,11,15-16,20,22,24H,8-10,12-14,18-19,21H2,1H3/t24-/m0/s1. The van der Waals surface area contributed by atoms with E-state index in [1.54, 1.807) is 0 Å². The predicted octanol–water partition coefficient (Wildman–Crippen LogP) is 5.19. The van der Waals surface area contributed by atoms with Crippen molar-refractivity contribution < 1.29 is 0 Å². The van der Waals surface area contributed by atoms with Crippen LogP contribution >= 0.6 is 0 Å². The van der Waals surface area contributed by atoms with E-state index in [2.05, 4.69) is 56.3 Å². The second kappa shape index (κ2) is 9.45. The minimum atomic E-state index is 0.672. The van der Waals surface area contributed by atoms with Crippen molar-refractivity contribution in [3.8, 4) is 34.4 Å². The average Bonchev–Trinajstić information content (AvgIpc) is 3.69. The first kappa shape index (κ1) is 23.2. The van der Waals surface area contributed by atoms with Crippen molar-refractivity contribution in [1.82, 2.24) is 24.0 Å². The largest absolute Gasteiger partial charge is 0.356 e. The molecule has 2 fully saturated rings. The van der Waals surface area contributed by atoms with Gasteiger partial charge in [0.1, 0.15) is 5.82 Å². The van der Waals surface area contributed by atoms with Crippen molar-refractivity contribution in [2.45, 2.75) is 32.7 Å². The number of piperidine rings is 1. The van der Waals surface area contributed by atoms with Crippen LogP contribution in [-0.2, 0) is 6.54 Å². The van der Waals surface area contributed by atoms with Gasteiger partial charge in [0, 0.05) is 43.8 Å². The van der Waals surface area contributed by atoms with Crippen molar-refractivity contribution in [2.75, 3.05) is 37.6 Å². The number of pyridine rings is 1. The molecule has 0 saturated carbocycles. The van der Waals surface area contributed by atoms with Gasteiger partial charge in [-0.05, 0) is 80.1 Å². The molecule has 0 radical (unpaired) electrons. The molecule has 6 heterocycles. The van der Waals surface area contributed by atoms with Gasteiger partial charge in [-0.15, -0.1) is 0 Å². The van der Waals surface area contributed by atoms with Gasteiger partial charge in [-0.3, -0.25) is 4.57 Å². The van der Waals surface area contributed by atoms with Gasteiger partial charge in [-0.1, -0.05) is 19.1 Å². The smallest absolute Gasteiger partial charge is 0.161 e. The fourth-order valence-electron chi connectivity index (χ4n) is 6.37. The SMILES string of the molecule is CC1CCN(C[C@@H]2CCN(c3ccc4c(n3)Cn3cc(-c5ccc(C#N)cc5)cc3-c3nccn3-4)C2)CC1. The third-order valence-electron chi connectivity index (χ3n) is 8.63. The van der Waals surface area contributed by atoms with Crippen LogP contribution in [0.15, 0.2) is 61.1 Å². The minimum absolute atomic E-state index is 0.672. The first-order chi connectivity index (χ1) is 18.6. The highest BCUT2D eigenvalue weighted by atomic mass is 15.2. The predicted molar refractivity (Wildman–Crippen MR) is 149 cm³/mol. The van der Waals surface area contributed by atoms with Crippen LogP contribution in [-0.4, -0.2) is 56.7 Å². The number of anilines is 1. The third kappa shape index (κ3) is 4.19. The number of aromatic nitrogens is 4. The van der Waals surface area contributed by atoms with Gasteiger partial charge < -0.3 is 14.4 Å². The molecule has 3 aliphatic rings. The molecule has 0 spiro atoms. The van der Waals surface area contributed by atoms with Crippen LogP contribution in [0.5, 0.6) is 0 Å². The molecular weight excluding hydrogens is 470 g/mol. The van der Waals surface area contributed by atoms with E-state index >= 15 is 0 Å². The fourth-order valence-corrected chi connectivity index (χ4v) is 6.37. The number of fused-ring (bicyclic) bond motifs is 5. The summed E-state index contributed by atoms with van der Waals surface area (Å²) in [5.41, 5.74) is 6.12. The molecule has 0 unspecified atom stereocenters. The second-order valence-electron chi connectivity index (χ2n) is 11.3. The molecule has 192 valence electrons. The van der Waals surface area contributed by atoms with Crippen LogP contribution in [0, 0.1) is 23.2 Å². The van der Waals surface area contributed by atoms with E-state index in [9.17, 15) is 0 Å². The van der Waals surface area contributed by atoms with Gasteiger partial charge >= 0.3 is 0 Å². The maximum Gasteiger partial charge on any atom is 0.161 e. The highest BCUT2D eigenvalue weighted by Gasteiger charge is 2.28. The van der Waals surface area contributed by atoms with E-state index in [-0.39, 0.29) is 0 Å². The van der Waals surface area contributed by atoms with Gasteiger partial charge in [0.05, 0.1) is 35.3 Å². The molecule has 7 rings (SSSR count). The molecule has 0 N–H and O–H groups in total. The molecule has 1 aromatic carbocycles. The molecule has 38 heavy (non-hydrogen) atoms. The molecule has 4 aromatic rings. The Hall–Kier alpha value is -3.89. The van der Waals surface area contributed by atoms with Crippen LogP contribution in [0.25, 0.3) is 28.3 Å². The number of nitrogens with zero attached hydrogens (tertiary/aromatic N) is 7. The van der Waals surface area contributed by atoms with E-state index < -0.39 is 0 Å². The Morgan fingerprint density at radius 1 is 1.00 bits per heavy atom. The van der Waals surface area contributed by atoms with Crippen molar-refractivity contribution in [3.63, 3.8) is 0 Å². The lowest BCUT2D eigenvalue weighted by Gasteiger charge is -2.32. The number of hydrogen-bond acceptors (Lipinski definition) is 5. The van der Waals surface area contributed by atoms with E-state index in [0.717, 1.165) is 64.8 Å². The van der Waals surface area contributed by atoms with E-state index in [1.165, 1.54) is 38.9 Å². The Morgan fingerprint density at radius 2 is 1.84 bits per heavy atom. The van der Waals surface area contributed by atoms with Crippen LogP contribution < -0.4 is 4.90 Å². The zero-order valence-corrected chi connectivity index (χ0v) is 21.9. The summed E-state index contributed by atoms with van der Waals surface area (Å²) in [7, 11) is 0. The minimum Gasteiger partial charge on any atom is -0.356 e. The number of benzene rings is 1. The monoisotopic (exact) mass is 503 g/mol. The molecule has 3 aromatic heterocycles. The van der Waals surface area contributed by atoms with E-state index in [4.69, 9.17) is 15.2 Å². The second-order valence-corrected chi connectivity index (χ2v) is 11.3. The van der Waals surface area contributed by atoms with Gasteiger partial charge in [0.25, 0.3) is 0 Å².